The van der Waals surface area contributed by atoms with Gasteiger partial charge >= 0.3 is 0 Å². The van der Waals surface area contributed by atoms with Crippen LogP contribution < -0.4 is 10.5 Å². The number of unbranched alkanes of at least 4 members (excludes halogenated alkanes) is 5. The van der Waals surface area contributed by atoms with Crippen LogP contribution in [0.2, 0.25) is 0 Å². The van der Waals surface area contributed by atoms with Gasteiger partial charge in [0.1, 0.15) is 5.75 Å². The second-order valence-corrected chi connectivity index (χ2v) is 5.78. The molecule has 5 heteroatoms. The highest BCUT2D eigenvalue weighted by Gasteiger charge is 2.13. The highest BCUT2D eigenvalue weighted by molar-refractivity contribution is 7.98. The van der Waals surface area contributed by atoms with E-state index in [1.54, 1.807) is 11.8 Å². The van der Waals surface area contributed by atoms with Crippen molar-refractivity contribution in [1.29, 1.82) is 0 Å². The lowest BCUT2D eigenvalue weighted by atomic mass is 10.1. The van der Waals surface area contributed by atoms with Gasteiger partial charge in [-0.2, -0.15) is 0 Å². The van der Waals surface area contributed by atoms with Crippen LogP contribution in [-0.2, 0) is 0 Å². The van der Waals surface area contributed by atoms with Crippen LogP contribution in [0.3, 0.4) is 0 Å². The number of nitrogens with zero attached hydrogens (tertiary/aromatic N) is 1. The summed E-state index contributed by atoms with van der Waals surface area (Å²) < 4.78 is 5.82. The van der Waals surface area contributed by atoms with E-state index in [1.807, 2.05) is 24.5 Å². The minimum absolute atomic E-state index is 0.0953. The molecule has 118 valence electrons. The lowest BCUT2D eigenvalue weighted by Gasteiger charge is -2.13. The van der Waals surface area contributed by atoms with Gasteiger partial charge in [0, 0.05) is 4.90 Å². The fraction of sp³-hybridized carbons (Fsp3) is 0.562. The van der Waals surface area contributed by atoms with E-state index in [-0.39, 0.29) is 5.84 Å². The molecule has 4 nitrogen and oxygen atoms in total. The molecular weight excluding hydrogens is 284 g/mol. The fourth-order valence-electron chi connectivity index (χ4n) is 2.17. The van der Waals surface area contributed by atoms with Crippen LogP contribution in [0.25, 0.3) is 0 Å². The van der Waals surface area contributed by atoms with Crippen molar-refractivity contribution in [1.82, 2.24) is 0 Å². The van der Waals surface area contributed by atoms with Gasteiger partial charge in [-0.3, -0.25) is 0 Å². The van der Waals surface area contributed by atoms with Crippen LogP contribution in [0, 0.1) is 0 Å². The van der Waals surface area contributed by atoms with Crippen LogP contribution >= 0.6 is 11.8 Å². The summed E-state index contributed by atoms with van der Waals surface area (Å²) in [4.78, 5) is 0.950. The Labute approximate surface area is 131 Å². The van der Waals surface area contributed by atoms with Crippen molar-refractivity contribution in [2.45, 2.75) is 50.3 Å². The van der Waals surface area contributed by atoms with E-state index in [1.165, 1.54) is 32.1 Å². The molecule has 0 bridgehead atoms. The average molecular weight is 310 g/mol. The van der Waals surface area contributed by atoms with Crippen molar-refractivity contribution in [2.75, 3.05) is 12.9 Å². The third-order valence-corrected chi connectivity index (χ3v) is 4.11. The molecule has 1 aromatic carbocycles. The number of nitrogens with two attached hydrogens (primary N) is 1. The van der Waals surface area contributed by atoms with Gasteiger partial charge in [0.25, 0.3) is 0 Å². The molecule has 0 spiro atoms. The molecule has 0 fully saturated rings. The topological polar surface area (TPSA) is 67.8 Å². The Morgan fingerprint density at radius 2 is 1.95 bits per heavy atom. The predicted octanol–water partition coefficient (Wildman–Crippen LogP) is 4.24. The van der Waals surface area contributed by atoms with Crippen molar-refractivity contribution >= 4 is 17.6 Å². The van der Waals surface area contributed by atoms with Crippen molar-refractivity contribution in [2.24, 2.45) is 10.9 Å². The lowest BCUT2D eigenvalue weighted by Crippen LogP contribution is -2.16. The summed E-state index contributed by atoms with van der Waals surface area (Å²) in [6.45, 7) is 2.88. The van der Waals surface area contributed by atoms with E-state index >= 15 is 0 Å². The van der Waals surface area contributed by atoms with Crippen LogP contribution in [0.15, 0.2) is 28.3 Å². The Hall–Kier alpha value is -1.36. The van der Waals surface area contributed by atoms with Crippen molar-refractivity contribution in [3.05, 3.63) is 23.8 Å². The van der Waals surface area contributed by atoms with Gasteiger partial charge in [-0.05, 0) is 24.8 Å². The van der Waals surface area contributed by atoms with Crippen LogP contribution in [0.1, 0.15) is 51.0 Å². The molecule has 0 atom stereocenters. The Morgan fingerprint density at radius 1 is 1.24 bits per heavy atom. The first-order valence-corrected chi connectivity index (χ1v) is 8.74. The average Bonchev–Trinajstić information content (AvgIpc) is 2.52. The second-order valence-electron chi connectivity index (χ2n) is 4.93. The molecular formula is C16H26N2O2S. The largest absolute Gasteiger partial charge is 0.493 e. The molecule has 0 unspecified atom stereocenters. The maximum Gasteiger partial charge on any atom is 0.174 e. The van der Waals surface area contributed by atoms with Gasteiger partial charge in [-0.15, -0.1) is 11.8 Å². The number of benzene rings is 1. The summed E-state index contributed by atoms with van der Waals surface area (Å²) >= 11 is 1.55. The third kappa shape index (κ3) is 5.87. The molecule has 0 radical (unpaired) electrons. The quantitative estimate of drug-likeness (QED) is 0.169. The van der Waals surface area contributed by atoms with Gasteiger partial charge in [0.15, 0.2) is 5.84 Å². The Kier molecular flexibility index (Phi) is 8.74. The Bertz CT molecular complexity index is 450. The second kappa shape index (κ2) is 10.4. The van der Waals surface area contributed by atoms with Crippen molar-refractivity contribution in [3.8, 4) is 5.75 Å². The number of hydrogen-bond acceptors (Lipinski definition) is 4. The van der Waals surface area contributed by atoms with E-state index in [0.29, 0.717) is 17.9 Å². The first-order chi connectivity index (χ1) is 10.2. The van der Waals surface area contributed by atoms with Crippen LogP contribution in [0.4, 0.5) is 0 Å². The summed E-state index contributed by atoms with van der Waals surface area (Å²) in [7, 11) is 0. The van der Waals surface area contributed by atoms with Gasteiger partial charge in [0.05, 0.1) is 12.2 Å². The fourth-order valence-corrected chi connectivity index (χ4v) is 2.79. The molecule has 0 saturated heterocycles. The van der Waals surface area contributed by atoms with E-state index in [0.717, 1.165) is 11.3 Å². The summed E-state index contributed by atoms with van der Waals surface area (Å²) in [6, 6.07) is 5.73. The Balaban J connectivity index is 2.55. The molecule has 0 amide bonds. The smallest absolute Gasteiger partial charge is 0.174 e. The number of rotatable bonds is 10. The maximum absolute atomic E-state index is 8.92. The highest BCUT2D eigenvalue weighted by Crippen LogP contribution is 2.28. The van der Waals surface area contributed by atoms with Crippen molar-refractivity contribution < 1.29 is 9.94 Å². The molecule has 0 aliphatic carbocycles. The van der Waals surface area contributed by atoms with Gasteiger partial charge < -0.3 is 15.7 Å². The van der Waals surface area contributed by atoms with Gasteiger partial charge in [-0.25, -0.2) is 0 Å². The monoisotopic (exact) mass is 310 g/mol. The zero-order chi connectivity index (χ0) is 15.5. The highest BCUT2D eigenvalue weighted by atomic mass is 32.2. The first-order valence-electron chi connectivity index (χ1n) is 7.52. The van der Waals surface area contributed by atoms with E-state index in [9.17, 15) is 0 Å². The molecule has 0 aliphatic rings. The molecule has 0 heterocycles. The number of hydrogen-bond donors (Lipinski definition) is 2. The minimum atomic E-state index is 0.0953. The minimum Gasteiger partial charge on any atom is -0.493 e. The molecule has 0 saturated carbocycles. The summed E-state index contributed by atoms with van der Waals surface area (Å²) in [6.07, 6.45) is 9.30. The summed E-state index contributed by atoms with van der Waals surface area (Å²) in [5.74, 6) is 0.781. The zero-order valence-corrected chi connectivity index (χ0v) is 13.8. The first kappa shape index (κ1) is 17.7. The third-order valence-electron chi connectivity index (χ3n) is 3.33. The molecule has 21 heavy (non-hydrogen) atoms. The number of amidine groups is 1. The van der Waals surface area contributed by atoms with Crippen LogP contribution in [-0.4, -0.2) is 23.9 Å². The molecule has 3 N–H and O–H groups in total. The van der Waals surface area contributed by atoms with E-state index in [4.69, 9.17) is 15.7 Å². The zero-order valence-electron chi connectivity index (χ0n) is 13.0. The van der Waals surface area contributed by atoms with E-state index < -0.39 is 0 Å². The molecule has 0 aliphatic heterocycles. The summed E-state index contributed by atoms with van der Waals surface area (Å²) in [5, 5.41) is 12.0. The normalized spacial score (nSPS) is 11.6. The number of ether oxygens (including phenoxy) is 1. The van der Waals surface area contributed by atoms with Crippen molar-refractivity contribution in [3.63, 3.8) is 0 Å². The molecule has 1 rings (SSSR count). The predicted molar refractivity (Wildman–Crippen MR) is 89.6 cm³/mol. The van der Waals surface area contributed by atoms with E-state index in [2.05, 4.69) is 12.1 Å². The molecule has 0 aromatic heterocycles. The van der Waals surface area contributed by atoms with Crippen LogP contribution in [0.5, 0.6) is 5.75 Å². The van der Waals surface area contributed by atoms with Gasteiger partial charge in [0.2, 0.25) is 0 Å². The molecule has 1 aromatic rings. The summed E-state index contributed by atoms with van der Waals surface area (Å²) in [5.41, 5.74) is 6.44. The maximum atomic E-state index is 8.92. The SMILES string of the molecule is CCCCCCCCOc1cccc(SC)c1/C(N)=N/O. The number of thioether (sulfide) groups is 1. The number of oxime groups is 1. The lowest BCUT2D eigenvalue weighted by molar-refractivity contribution is 0.301. The standard InChI is InChI=1S/C16H26N2O2S/c1-3-4-5-6-7-8-12-20-13-10-9-11-14(21-2)15(13)16(17)18-19/h9-11,19H,3-8,12H2,1-2H3,(H2,17,18). The van der Waals surface area contributed by atoms with Gasteiger partial charge in [-0.1, -0.05) is 50.2 Å². The Morgan fingerprint density at radius 3 is 2.62 bits per heavy atom.